The maximum Gasteiger partial charge on any atom is 0.209 e. The van der Waals surface area contributed by atoms with Gasteiger partial charge in [-0.2, -0.15) is 0 Å². The molecule has 0 amide bonds. The third kappa shape index (κ3) is 6.50. The Morgan fingerprint density at radius 3 is 2.88 bits per heavy atom. The Morgan fingerprint density at radius 1 is 1.44 bits per heavy atom. The van der Waals surface area contributed by atoms with Crippen LogP contribution in [0.5, 0.6) is 11.5 Å². The molecule has 0 bridgehead atoms. The number of hydrogen-bond donors (Lipinski definition) is 1. The van der Waals surface area contributed by atoms with Crippen LogP contribution >= 0.6 is 40.1 Å². The lowest BCUT2D eigenvalue weighted by Gasteiger charge is -2.14. The van der Waals surface area contributed by atoms with Crippen molar-refractivity contribution in [2.45, 2.75) is 11.7 Å². The lowest BCUT2D eigenvalue weighted by Crippen LogP contribution is -2.17. The smallest absolute Gasteiger partial charge is 0.209 e. The van der Waals surface area contributed by atoms with Crippen LogP contribution in [0.15, 0.2) is 34.4 Å². The molecule has 0 atom stereocenters. The van der Waals surface area contributed by atoms with Gasteiger partial charge in [-0.05, 0) is 44.1 Å². The van der Waals surface area contributed by atoms with Crippen LogP contribution in [0, 0.1) is 0 Å². The molecule has 1 aromatic carbocycles. The van der Waals surface area contributed by atoms with Gasteiger partial charge in [-0.25, -0.2) is 4.68 Å². The van der Waals surface area contributed by atoms with Gasteiger partial charge in [-0.1, -0.05) is 24.4 Å². The Bertz CT molecular complexity index is 686. The SMILES string of the molecule is C=CCOc1c(Br)cc(CNCCSc2nnnn2C)cc1OC.Cl. The molecule has 0 aliphatic rings. The molecule has 10 heteroatoms. The van der Waals surface area contributed by atoms with Crippen LogP contribution in [0.4, 0.5) is 0 Å². The van der Waals surface area contributed by atoms with E-state index in [1.807, 2.05) is 19.2 Å². The van der Waals surface area contributed by atoms with E-state index in [-0.39, 0.29) is 12.4 Å². The first kappa shape index (κ1) is 21.8. The van der Waals surface area contributed by atoms with Gasteiger partial charge in [0, 0.05) is 25.9 Å². The Balaban J connectivity index is 0.00000312. The number of hydrogen-bond acceptors (Lipinski definition) is 7. The number of benzene rings is 1. The Morgan fingerprint density at radius 2 is 2.24 bits per heavy atom. The topological polar surface area (TPSA) is 74.1 Å². The van der Waals surface area contributed by atoms with Gasteiger partial charge >= 0.3 is 0 Å². The fourth-order valence-corrected chi connectivity index (χ4v) is 3.30. The van der Waals surface area contributed by atoms with Crippen molar-refractivity contribution in [2.75, 3.05) is 26.0 Å². The second-order valence-corrected chi connectivity index (χ2v) is 6.74. The summed E-state index contributed by atoms with van der Waals surface area (Å²) in [6, 6.07) is 3.99. The molecule has 2 aromatic rings. The molecule has 7 nitrogen and oxygen atoms in total. The Kier molecular flexibility index (Phi) is 9.88. The van der Waals surface area contributed by atoms with Crippen LogP contribution in [0.1, 0.15) is 5.56 Å². The van der Waals surface area contributed by atoms with E-state index >= 15 is 0 Å². The van der Waals surface area contributed by atoms with E-state index in [0.29, 0.717) is 18.1 Å². The van der Waals surface area contributed by atoms with Gasteiger partial charge in [0.15, 0.2) is 11.5 Å². The standard InChI is InChI=1S/C15H20BrN5O2S.ClH/c1-4-6-23-14-12(16)8-11(9-13(14)22-3)10-17-5-7-24-15-18-19-20-21(15)2;/h4,8-9,17H,1,5-7,10H2,2-3H3;1H. The normalized spacial score (nSPS) is 10.2. The van der Waals surface area contributed by atoms with Gasteiger partial charge in [-0.3, -0.25) is 0 Å². The third-order valence-corrected chi connectivity index (χ3v) is 4.66. The van der Waals surface area contributed by atoms with Gasteiger partial charge in [0.05, 0.1) is 11.6 Å². The number of tetrazole rings is 1. The minimum atomic E-state index is 0. The summed E-state index contributed by atoms with van der Waals surface area (Å²) in [5.74, 6) is 2.27. The Hall–Kier alpha value is -1.29. The van der Waals surface area contributed by atoms with Crippen molar-refractivity contribution in [3.8, 4) is 11.5 Å². The highest BCUT2D eigenvalue weighted by Gasteiger charge is 2.11. The van der Waals surface area contributed by atoms with Crippen molar-refractivity contribution in [1.29, 1.82) is 0 Å². The predicted octanol–water partition coefficient (Wildman–Crippen LogP) is 2.85. The molecule has 0 saturated carbocycles. The molecule has 0 fully saturated rings. The maximum absolute atomic E-state index is 5.62. The first-order chi connectivity index (χ1) is 11.7. The number of methoxy groups -OCH3 is 1. The highest BCUT2D eigenvalue weighted by Crippen LogP contribution is 2.36. The van der Waals surface area contributed by atoms with Crippen LogP contribution in [-0.2, 0) is 13.6 Å². The molecule has 25 heavy (non-hydrogen) atoms. The fourth-order valence-electron chi connectivity index (χ4n) is 1.95. The number of nitrogens with zero attached hydrogens (tertiary/aromatic N) is 4. The summed E-state index contributed by atoms with van der Waals surface area (Å²) in [6.07, 6.45) is 1.70. The lowest BCUT2D eigenvalue weighted by molar-refractivity contribution is 0.324. The highest BCUT2D eigenvalue weighted by molar-refractivity contribution is 9.10. The molecular formula is C15H21BrClN5O2S. The average Bonchev–Trinajstić information content (AvgIpc) is 2.98. The summed E-state index contributed by atoms with van der Waals surface area (Å²) in [4.78, 5) is 0. The zero-order chi connectivity index (χ0) is 17.4. The molecule has 138 valence electrons. The summed E-state index contributed by atoms with van der Waals surface area (Å²) >= 11 is 5.14. The maximum atomic E-state index is 5.62. The van der Waals surface area contributed by atoms with E-state index in [4.69, 9.17) is 9.47 Å². The molecule has 1 heterocycles. The molecule has 0 aliphatic heterocycles. The van der Waals surface area contributed by atoms with Crippen molar-refractivity contribution in [3.05, 3.63) is 34.8 Å². The van der Waals surface area contributed by atoms with Crippen LogP contribution in [0.3, 0.4) is 0 Å². The van der Waals surface area contributed by atoms with E-state index in [0.717, 1.165) is 34.0 Å². The van der Waals surface area contributed by atoms with Gasteiger partial charge in [0.1, 0.15) is 6.61 Å². The molecule has 2 rings (SSSR count). The van der Waals surface area contributed by atoms with Crippen LogP contribution in [0.2, 0.25) is 0 Å². The van der Waals surface area contributed by atoms with Crippen LogP contribution in [0.25, 0.3) is 0 Å². The van der Waals surface area contributed by atoms with E-state index in [1.165, 1.54) is 0 Å². The molecule has 1 N–H and O–H groups in total. The zero-order valence-electron chi connectivity index (χ0n) is 14.1. The van der Waals surface area contributed by atoms with Crippen molar-refractivity contribution in [2.24, 2.45) is 7.05 Å². The lowest BCUT2D eigenvalue weighted by atomic mass is 10.2. The van der Waals surface area contributed by atoms with Crippen molar-refractivity contribution >= 4 is 40.1 Å². The summed E-state index contributed by atoms with van der Waals surface area (Å²) in [5.41, 5.74) is 1.11. The summed E-state index contributed by atoms with van der Waals surface area (Å²) < 4.78 is 13.6. The average molecular weight is 451 g/mol. The summed E-state index contributed by atoms with van der Waals surface area (Å²) in [6.45, 7) is 5.65. The molecule has 0 saturated heterocycles. The number of aryl methyl sites for hydroxylation is 1. The third-order valence-electron chi connectivity index (χ3n) is 3.06. The van der Waals surface area contributed by atoms with Crippen molar-refractivity contribution < 1.29 is 9.47 Å². The van der Waals surface area contributed by atoms with Gasteiger partial charge in [0.25, 0.3) is 0 Å². The molecular weight excluding hydrogens is 430 g/mol. The number of aromatic nitrogens is 4. The largest absolute Gasteiger partial charge is 0.493 e. The summed E-state index contributed by atoms with van der Waals surface area (Å²) in [7, 11) is 3.46. The minimum Gasteiger partial charge on any atom is -0.493 e. The molecule has 1 aromatic heterocycles. The van der Waals surface area contributed by atoms with Crippen molar-refractivity contribution in [3.63, 3.8) is 0 Å². The molecule has 0 radical (unpaired) electrons. The van der Waals surface area contributed by atoms with E-state index in [2.05, 4.69) is 43.4 Å². The quantitative estimate of drug-likeness (QED) is 0.339. The van der Waals surface area contributed by atoms with Crippen molar-refractivity contribution in [1.82, 2.24) is 25.5 Å². The number of nitrogens with one attached hydrogen (secondary N) is 1. The van der Waals surface area contributed by atoms with E-state index < -0.39 is 0 Å². The van der Waals surface area contributed by atoms with Crippen LogP contribution in [-0.4, -0.2) is 46.2 Å². The Labute approximate surface area is 166 Å². The predicted molar refractivity (Wildman–Crippen MR) is 105 cm³/mol. The number of ether oxygens (including phenoxy) is 2. The van der Waals surface area contributed by atoms with Gasteiger partial charge < -0.3 is 14.8 Å². The van der Waals surface area contributed by atoms with Gasteiger partial charge in [0.2, 0.25) is 5.16 Å². The second kappa shape index (κ2) is 11.3. The van der Waals surface area contributed by atoms with E-state index in [9.17, 15) is 0 Å². The minimum absolute atomic E-state index is 0. The zero-order valence-corrected chi connectivity index (χ0v) is 17.3. The second-order valence-electron chi connectivity index (χ2n) is 4.82. The summed E-state index contributed by atoms with van der Waals surface area (Å²) in [5, 5.41) is 15.5. The van der Waals surface area contributed by atoms with Gasteiger partial charge in [-0.15, -0.1) is 17.5 Å². The van der Waals surface area contributed by atoms with E-state index in [1.54, 1.807) is 29.6 Å². The highest BCUT2D eigenvalue weighted by atomic mass is 79.9. The molecule has 0 unspecified atom stereocenters. The first-order valence-electron chi connectivity index (χ1n) is 7.31. The van der Waals surface area contributed by atoms with Crippen LogP contribution < -0.4 is 14.8 Å². The monoisotopic (exact) mass is 449 g/mol. The first-order valence-corrected chi connectivity index (χ1v) is 9.09. The molecule has 0 spiro atoms. The molecule has 0 aliphatic carbocycles. The number of rotatable bonds is 10. The fraction of sp³-hybridized carbons (Fsp3) is 0.400. The number of thioether (sulfide) groups is 1. The number of halogens is 2.